The maximum atomic E-state index is 5.65. The van der Waals surface area contributed by atoms with Crippen molar-refractivity contribution < 1.29 is 14.2 Å². The monoisotopic (exact) mass is 220 g/mol. The molecule has 0 spiro atoms. The molecule has 0 aromatic heterocycles. The molecule has 86 valence electrons. The molecule has 1 unspecified atom stereocenters. The third kappa shape index (κ3) is 1.65. The van der Waals surface area contributed by atoms with Gasteiger partial charge in [-0.2, -0.15) is 0 Å². The van der Waals surface area contributed by atoms with Gasteiger partial charge in [-0.25, -0.2) is 0 Å². The first-order chi connectivity index (χ1) is 7.67. The first kappa shape index (κ1) is 9.97. The van der Waals surface area contributed by atoms with Gasteiger partial charge in [0.15, 0.2) is 11.5 Å². The van der Waals surface area contributed by atoms with Gasteiger partial charge in [0.25, 0.3) is 0 Å². The molecule has 16 heavy (non-hydrogen) atoms. The van der Waals surface area contributed by atoms with Crippen LogP contribution < -0.4 is 9.47 Å². The lowest BCUT2D eigenvalue weighted by molar-refractivity contribution is 0.296. The lowest BCUT2D eigenvalue weighted by Crippen LogP contribution is -1.98. The van der Waals surface area contributed by atoms with Crippen LogP contribution in [0.4, 0.5) is 0 Å². The predicted octanol–water partition coefficient (Wildman–Crippen LogP) is 2.70. The summed E-state index contributed by atoms with van der Waals surface area (Å²) in [7, 11) is 0. The van der Waals surface area contributed by atoms with Gasteiger partial charge in [0.2, 0.25) is 0 Å². The maximum Gasteiger partial charge on any atom is 0.161 e. The summed E-state index contributed by atoms with van der Waals surface area (Å²) in [6, 6.07) is 6.08. The summed E-state index contributed by atoms with van der Waals surface area (Å²) in [6.07, 6.45) is 1.14. The zero-order chi connectivity index (χ0) is 11.2. The van der Waals surface area contributed by atoms with Crippen LogP contribution in [0, 0.1) is 0 Å². The van der Waals surface area contributed by atoms with E-state index in [0.29, 0.717) is 0 Å². The average Bonchev–Trinajstić information content (AvgIpc) is 2.94. The van der Waals surface area contributed by atoms with Gasteiger partial charge in [0, 0.05) is 6.42 Å². The molecule has 0 N–H and O–H groups in total. The van der Waals surface area contributed by atoms with Crippen LogP contribution in [0.15, 0.2) is 18.2 Å². The van der Waals surface area contributed by atoms with Crippen LogP contribution in [0.1, 0.15) is 31.9 Å². The molecule has 0 saturated carbocycles. The Kier molecular flexibility index (Phi) is 2.11. The minimum absolute atomic E-state index is 0.0280. The highest BCUT2D eigenvalue weighted by Gasteiger charge is 2.49. The first-order valence-corrected chi connectivity index (χ1v) is 5.74. The van der Waals surface area contributed by atoms with Crippen LogP contribution in [0.2, 0.25) is 0 Å². The molecule has 1 fully saturated rings. The Hall–Kier alpha value is -1.22. The van der Waals surface area contributed by atoms with Crippen molar-refractivity contribution in [3.05, 3.63) is 23.8 Å². The van der Waals surface area contributed by atoms with Gasteiger partial charge < -0.3 is 14.2 Å². The van der Waals surface area contributed by atoms with Gasteiger partial charge in [-0.05, 0) is 31.5 Å². The Morgan fingerprint density at radius 1 is 1.12 bits per heavy atom. The minimum atomic E-state index is -0.0280. The van der Waals surface area contributed by atoms with Crippen LogP contribution in [0.5, 0.6) is 11.5 Å². The zero-order valence-electron chi connectivity index (χ0n) is 9.66. The van der Waals surface area contributed by atoms with Crippen molar-refractivity contribution in [1.29, 1.82) is 0 Å². The predicted molar refractivity (Wildman–Crippen MR) is 60.0 cm³/mol. The fraction of sp³-hybridized carbons (Fsp3) is 0.538. The van der Waals surface area contributed by atoms with E-state index >= 15 is 0 Å². The Balaban J connectivity index is 1.90. The standard InChI is InChI=1S/C13H16O3/c1-13(2)12(16-13)9-4-5-10-11(8-9)15-7-3-6-14-10/h4-5,8,12H,3,6-7H2,1-2H3. The highest BCUT2D eigenvalue weighted by Crippen LogP contribution is 2.50. The van der Waals surface area contributed by atoms with E-state index < -0.39 is 0 Å². The molecule has 2 aliphatic rings. The van der Waals surface area contributed by atoms with Crippen molar-refractivity contribution >= 4 is 0 Å². The molecule has 0 aliphatic carbocycles. The Bertz CT molecular complexity index is 412. The topological polar surface area (TPSA) is 31.0 Å². The summed E-state index contributed by atoms with van der Waals surface area (Å²) >= 11 is 0. The quantitative estimate of drug-likeness (QED) is 0.682. The minimum Gasteiger partial charge on any atom is -0.490 e. The first-order valence-electron chi connectivity index (χ1n) is 5.74. The number of benzene rings is 1. The van der Waals surface area contributed by atoms with E-state index in [1.807, 2.05) is 12.1 Å². The number of ether oxygens (including phenoxy) is 3. The van der Waals surface area contributed by atoms with E-state index in [0.717, 1.165) is 31.1 Å². The number of hydrogen-bond acceptors (Lipinski definition) is 3. The van der Waals surface area contributed by atoms with Gasteiger partial charge in [0.1, 0.15) is 6.10 Å². The summed E-state index contributed by atoms with van der Waals surface area (Å²) in [5.41, 5.74) is 1.15. The van der Waals surface area contributed by atoms with Gasteiger partial charge >= 0.3 is 0 Å². The molecule has 0 bridgehead atoms. The summed E-state index contributed by atoms with van der Waals surface area (Å²) in [5.74, 6) is 1.70. The molecule has 1 aromatic rings. The number of fused-ring (bicyclic) bond motifs is 1. The van der Waals surface area contributed by atoms with E-state index in [1.54, 1.807) is 0 Å². The Morgan fingerprint density at radius 2 is 1.81 bits per heavy atom. The van der Waals surface area contributed by atoms with Gasteiger partial charge in [-0.1, -0.05) is 6.07 Å². The molecular formula is C13H16O3. The fourth-order valence-electron chi connectivity index (χ4n) is 2.08. The van der Waals surface area contributed by atoms with E-state index in [2.05, 4.69) is 19.9 Å². The molecule has 2 aliphatic heterocycles. The molecule has 3 heteroatoms. The third-order valence-corrected chi connectivity index (χ3v) is 3.07. The van der Waals surface area contributed by atoms with E-state index in [9.17, 15) is 0 Å². The molecule has 1 aromatic carbocycles. The third-order valence-electron chi connectivity index (χ3n) is 3.07. The summed E-state index contributed by atoms with van der Waals surface area (Å²) in [5, 5.41) is 0. The molecule has 2 heterocycles. The Morgan fingerprint density at radius 3 is 2.50 bits per heavy atom. The maximum absolute atomic E-state index is 5.65. The number of epoxide rings is 1. The largest absolute Gasteiger partial charge is 0.490 e. The number of hydrogen-bond donors (Lipinski definition) is 0. The second-order valence-electron chi connectivity index (χ2n) is 4.86. The molecule has 1 saturated heterocycles. The van der Waals surface area contributed by atoms with Crippen LogP contribution in [0.25, 0.3) is 0 Å². The van der Waals surface area contributed by atoms with Gasteiger partial charge in [-0.15, -0.1) is 0 Å². The lowest BCUT2D eigenvalue weighted by Gasteiger charge is -2.08. The van der Waals surface area contributed by atoms with E-state index in [-0.39, 0.29) is 11.7 Å². The normalized spacial score (nSPS) is 26.0. The van der Waals surface area contributed by atoms with Crippen LogP contribution in [-0.2, 0) is 4.74 Å². The SMILES string of the molecule is CC1(C)OC1c1ccc2c(c1)OCCCO2. The molecule has 1 atom stereocenters. The zero-order valence-corrected chi connectivity index (χ0v) is 9.66. The van der Waals surface area contributed by atoms with Crippen molar-refractivity contribution in [2.24, 2.45) is 0 Å². The van der Waals surface area contributed by atoms with Crippen LogP contribution in [-0.4, -0.2) is 18.8 Å². The van der Waals surface area contributed by atoms with Crippen LogP contribution >= 0.6 is 0 Å². The summed E-state index contributed by atoms with van der Waals surface area (Å²) in [4.78, 5) is 0. The smallest absolute Gasteiger partial charge is 0.161 e. The van der Waals surface area contributed by atoms with E-state index in [1.165, 1.54) is 5.56 Å². The van der Waals surface area contributed by atoms with Crippen molar-refractivity contribution in [2.75, 3.05) is 13.2 Å². The molecular weight excluding hydrogens is 204 g/mol. The summed E-state index contributed by atoms with van der Waals surface area (Å²) < 4.78 is 16.9. The highest BCUT2D eigenvalue weighted by atomic mass is 16.6. The van der Waals surface area contributed by atoms with E-state index in [4.69, 9.17) is 14.2 Å². The van der Waals surface area contributed by atoms with Crippen molar-refractivity contribution in [3.8, 4) is 11.5 Å². The summed E-state index contributed by atoms with van der Waals surface area (Å²) in [6.45, 7) is 5.66. The molecule has 3 nitrogen and oxygen atoms in total. The van der Waals surface area contributed by atoms with Gasteiger partial charge in [0.05, 0.1) is 18.8 Å². The number of rotatable bonds is 1. The van der Waals surface area contributed by atoms with Gasteiger partial charge in [-0.3, -0.25) is 0 Å². The molecule has 0 radical (unpaired) electrons. The fourth-order valence-corrected chi connectivity index (χ4v) is 2.08. The molecule has 0 amide bonds. The second kappa shape index (κ2) is 3.39. The second-order valence-corrected chi connectivity index (χ2v) is 4.86. The highest BCUT2D eigenvalue weighted by molar-refractivity contribution is 5.45. The Labute approximate surface area is 95.3 Å². The van der Waals surface area contributed by atoms with Crippen molar-refractivity contribution in [3.63, 3.8) is 0 Å². The average molecular weight is 220 g/mol. The van der Waals surface area contributed by atoms with Crippen molar-refractivity contribution in [2.45, 2.75) is 32.0 Å². The molecule has 3 rings (SSSR count). The van der Waals surface area contributed by atoms with Crippen LogP contribution in [0.3, 0.4) is 0 Å². The van der Waals surface area contributed by atoms with Crippen molar-refractivity contribution in [1.82, 2.24) is 0 Å². The lowest BCUT2D eigenvalue weighted by atomic mass is 10.0.